The van der Waals surface area contributed by atoms with Crippen molar-refractivity contribution in [3.63, 3.8) is 0 Å². The third-order valence-electron chi connectivity index (χ3n) is 1.96. The van der Waals surface area contributed by atoms with Crippen molar-refractivity contribution < 1.29 is 4.42 Å². The summed E-state index contributed by atoms with van der Waals surface area (Å²) < 4.78 is 5.33. The lowest BCUT2D eigenvalue weighted by Gasteiger charge is -1.90. The Morgan fingerprint density at radius 2 is 1.67 bits per heavy atom. The van der Waals surface area contributed by atoms with Crippen LogP contribution in [-0.4, -0.2) is 4.98 Å². The number of rotatable bonds is 4. The third kappa shape index (κ3) is 14.9. The Bertz CT molecular complexity index is 348. The fourth-order valence-electron chi connectivity index (χ4n) is 1.15. The van der Waals surface area contributed by atoms with Gasteiger partial charge in [0.2, 0.25) is 0 Å². The lowest BCUT2D eigenvalue weighted by atomic mass is 10.2. The van der Waals surface area contributed by atoms with Crippen molar-refractivity contribution in [2.45, 2.75) is 81.6 Å². The van der Waals surface area contributed by atoms with E-state index in [9.17, 15) is 0 Å². The van der Waals surface area contributed by atoms with Crippen LogP contribution in [0.1, 0.15) is 86.7 Å². The fraction of sp³-hybridized carbons (Fsp3) is 0.632. The molecular formula is C19H37NO. The summed E-state index contributed by atoms with van der Waals surface area (Å²) in [6.45, 7) is 18.4. The molecule has 1 rings (SSSR count). The van der Waals surface area contributed by atoms with E-state index >= 15 is 0 Å². The predicted octanol–water partition coefficient (Wildman–Crippen LogP) is 7.08. The van der Waals surface area contributed by atoms with Gasteiger partial charge in [-0.1, -0.05) is 73.1 Å². The van der Waals surface area contributed by atoms with Crippen LogP contribution in [0.4, 0.5) is 0 Å². The van der Waals surface area contributed by atoms with Gasteiger partial charge in [-0.3, -0.25) is 0 Å². The summed E-state index contributed by atoms with van der Waals surface area (Å²) >= 11 is 0. The van der Waals surface area contributed by atoms with Gasteiger partial charge in [-0.15, -0.1) is 0 Å². The molecule has 0 unspecified atom stereocenters. The molecule has 1 heterocycles. The van der Waals surface area contributed by atoms with Gasteiger partial charge < -0.3 is 4.42 Å². The predicted molar refractivity (Wildman–Crippen MR) is 97.6 cm³/mol. The van der Waals surface area contributed by atoms with Crippen LogP contribution in [0.15, 0.2) is 28.9 Å². The highest BCUT2D eigenvalue weighted by Gasteiger charge is 2.03. The molecule has 0 aliphatic rings. The molecule has 0 aromatic carbocycles. The maximum atomic E-state index is 5.33. The SMILES string of the molecule is C/C=C\C=C(/C)c1coc(CCC)n1.CC.CC.CCC. The Morgan fingerprint density at radius 3 is 2.10 bits per heavy atom. The van der Waals surface area contributed by atoms with Gasteiger partial charge in [0.25, 0.3) is 0 Å². The third-order valence-corrected chi connectivity index (χ3v) is 1.96. The Labute approximate surface area is 133 Å². The fourth-order valence-corrected chi connectivity index (χ4v) is 1.15. The first-order valence-electron chi connectivity index (χ1n) is 8.43. The highest BCUT2D eigenvalue weighted by atomic mass is 16.3. The normalized spacial score (nSPS) is 9.86. The number of allylic oxidation sites excluding steroid dienone is 4. The first kappa shape index (κ1) is 24.7. The van der Waals surface area contributed by atoms with E-state index in [1.165, 1.54) is 6.42 Å². The van der Waals surface area contributed by atoms with Crippen molar-refractivity contribution >= 4 is 5.57 Å². The Balaban J connectivity index is -0.000000399. The molecule has 0 radical (unpaired) electrons. The van der Waals surface area contributed by atoms with E-state index in [1.54, 1.807) is 6.26 Å². The molecular weight excluding hydrogens is 258 g/mol. The molecule has 0 amide bonds. The molecule has 0 saturated carbocycles. The van der Waals surface area contributed by atoms with Crippen molar-refractivity contribution in [1.29, 1.82) is 0 Å². The maximum Gasteiger partial charge on any atom is 0.194 e. The van der Waals surface area contributed by atoms with E-state index in [2.05, 4.69) is 25.8 Å². The standard InChI is InChI=1S/C12H17NO.C3H8.2C2H6/c1-4-6-8-10(3)11-9-14-12(13-11)7-5-2;1-3-2;2*1-2/h4,6,8-9H,5,7H2,1-3H3;3H2,1-2H3;2*1-2H3/b6-4-,10-8+;;;. The van der Waals surface area contributed by atoms with Crippen LogP contribution >= 0.6 is 0 Å². The van der Waals surface area contributed by atoms with E-state index in [-0.39, 0.29) is 0 Å². The molecule has 0 aliphatic heterocycles. The van der Waals surface area contributed by atoms with Crippen molar-refractivity contribution in [2.24, 2.45) is 0 Å². The Hall–Kier alpha value is -1.31. The average Bonchev–Trinajstić information content (AvgIpc) is 2.99. The van der Waals surface area contributed by atoms with Crippen LogP contribution in [-0.2, 0) is 6.42 Å². The van der Waals surface area contributed by atoms with Gasteiger partial charge in [0.05, 0.1) is 0 Å². The molecule has 2 heteroatoms. The van der Waals surface area contributed by atoms with Crippen molar-refractivity contribution in [1.82, 2.24) is 4.98 Å². The summed E-state index contributed by atoms with van der Waals surface area (Å²) in [5, 5.41) is 0. The van der Waals surface area contributed by atoms with Gasteiger partial charge in [-0.05, 0) is 25.8 Å². The first-order valence-corrected chi connectivity index (χ1v) is 8.43. The minimum absolute atomic E-state index is 0.829. The summed E-state index contributed by atoms with van der Waals surface area (Å²) in [4.78, 5) is 4.38. The van der Waals surface area contributed by atoms with Crippen LogP contribution in [0.2, 0.25) is 0 Å². The molecule has 2 nitrogen and oxygen atoms in total. The lowest BCUT2D eigenvalue weighted by Crippen LogP contribution is -1.84. The zero-order valence-corrected chi connectivity index (χ0v) is 15.8. The zero-order chi connectivity index (χ0) is 17.1. The largest absolute Gasteiger partial charge is 0.448 e. The van der Waals surface area contributed by atoms with Gasteiger partial charge in [0, 0.05) is 6.42 Å². The minimum atomic E-state index is 0.829. The smallest absolute Gasteiger partial charge is 0.194 e. The van der Waals surface area contributed by atoms with Gasteiger partial charge >= 0.3 is 0 Å². The zero-order valence-electron chi connectivity index (χ0n) is 15.8. The van der Waals surface area contributed by atoms with E-state index in [0.717, 1.165) is 30.0 Å². The van der Waals surface area contributed by atoms with E-state index < -0.39 is 0 Å². The molecule has 0 bridgehead atoms. The van der Waals surface area contributed by atoms with Gasteiger partial charge in [0.15, 0.2) is 5.89 Å². The summed E-state index contributed by atoms with van der Waals surface area (Å²) in [6, 6.07) is 0. The quantitative estimate of drug-likeness (QED) is 0.555. The molecule has 21 heavy (non-hydrogen) atoms. The monoisotopic (exact) mass is 295 g/mol. The highest BCUT2D eigenvalue weighted by molar-refractivity contribution is 5.61. The molecule has 124 valence electrons. The van der Waals surface area contributed by atoms with Gasteiger partial charge in [-0.2, -0.15) is 0 Å². The maximum absolute atomic E-state index is 5.33. The minimum Gasteiger partial charge on any atom is -0.448 e. The second-order valence-corrected chi connectivity index (χ2v) is 3.96. The van der Waals surface area contributed by atoms with Crippen molar-refractivity contribution in [3.05, 3.63) is 36.1 Å². The number of oxazole rings is 1. The summed E-state index contributed by atoms with van der Waals surface area (Å²) in [5.41, 5.74) is 2.07. The van der Waals surface area contributed by atoms with Crippen LogP contribution in [0.25, 0.3) is 5.57 Å². The second kappa shape index (κ2) is 21.0. The molecule has 0 fully saturated rings. The molecule has 1 aromatic heterocycles. The Morgan fingerprint density at radius 1 is 1.14 bits per heavy atom. The van der Waals surface area contributed by atoms with Crippen molar-refractivity contribution in [3.8, 4) is 0 Å². The lowest BCUT2D eigenvalue weighted by molar-refractivity contribution is 0.491. The van der Waals surface area contributed by atoms with E-state index in [4.69, 9.17) is 4.42 Å². The van der Waals surface area contributed by atoms with Crippen LogP contribution in [0, 0.1) is 0 Å². The Kier molecular flexibility index (Phi) is 24.7. The molecule has 0 aliphatic carbocycles. The molecule has 0 atom stereocenters. The molecule has 0 spiro atoms. The van der Waals surface area contributed by atoms with E-state index in [0.29, 0.717) is 0 Å². The number of aromatic nitrogens is 1. The van der Waals surface area contributed by atoms with Crippen LogP contribution in [0.5, 0.6) is 0 Å². The van der Waals surface area contributed by atoms with Crippen molar-refractivity contribution in [2.75, 3.05) is 0 Å². The number of hydrogen-bond donors (Lipinski definition) is 0. The van der Waals surface area contributed by atoms with Gasteiger partial charge in [0.1, 0.15) is 12.0 Å². The second-order valence-electron chi connectivity index (χ2n) is 3.96. The first-order chi connectivity index (χ1) is 10.2. The summed E-state index contributed by atoms with van der Waals surface area (Å²) in [6.07, 6.45) is 11.0. The van der Waals surface area contributed by atoms with Crippen LogP contribution < -0.4 is 0 Å². The van der Waals surface area contributed by atoms with Crippen LogP contribution in [0.3, 0.4) is 0 Å². The average molecular weight is 296 g/mol. The molecule has 0 N–H and O–H groups in total. The molecule has 0 saturated heterocycles. The number of nitrogens with zero attached hydrogens (tertiary/aromatic N) is 1. The van der Waals surface area contributed by atoms with Gasteiger partial charge in [-0.25, -0.2) is 4.98 Å². The van der Waals surface area contributed by atoms with E-state index in [1.807, 2.05) is 59.8 Å². The highest BCUT2D eigenvalue weighted by Crippen LogP contribution is 2.13. The summed E-state index contributed by atoms with van der Waals surface area (Å²) in [7, 11) is 0. The summed E-state index contributed by atoms with van der Waals surface area (Å²) in [5.74, 6) is 0.829. The number of aryl methyl sites for hydroxylation is 1. The topological polar surface area (TPSA) is 26.0 Å². The molecule has 1 aromatic rings. The number of hydrogen-bond acceptors (Lipinski definition) is 2.